The quantitative estimate of drug-likeness (QED) is 0.687. The predicted octanol–water partition coefficient (Wildman–Crippen LogP) is 1.62. The summed E-state index contributed by atoms with van der Waals surface area (Å²) in [7, 11) is 0. The fourth-order valence-corrected chi connectivity index (χ4v) is 3.20. The molecule has 1 aromatic rings. The van der Waals surface area contributed by atoms with Crippen molar-refractivity contribution in [2.45, 2.75) is 38.0 Å². The van der Waals surface area contributed by atoms with Crippen LogP contribution < -0.4 is 5.32 Å². The Morgan fingerprint density at radius 3 is 2.59 bits per heavy atom. The Morgan fingerprint density at radius 1 is 1.18 bits per heavy atom. The molecule has 1 heterocycles. The van der Waals surface area contributed by atoms with Crippen LogP contribution in [0.1, 0.15) is 36.0 Å². The molecule has 3 nitrogen and oxygen atoms in total. The molecule has 88 valence electrons. The molecule has 2 amide bonds. The number of imide groups is 1. The summed E-state index contributed by atoms with van der Waals surface area (Å²) in [6, 6.07) is 6.38. The van der Waals surface area contributed by atoms with Crippen LogP contribution in [-0.4, -0.2) is 11.8 Å². The van der Waals surface area contributed by atoms with Gasteiger partial charge in [0.15, 0.2) is 0 Å². The van der Waals surface area contributed by atoms with E-state index in [1.54, 1.807) is 0 Å². The van der Waals surface area contributed by atoms with Gasteiger partial charge in [0, 0.05) is 18.3 Å². The second kappa shape index (κ2) is 3.42. The van der Waals surface area contributed by atoms with Crippen LogP contribution in [0, 0.1) is 6.92 Å². The molecule has 3 rings (SSSR count). The summed E-state index contributed by atoms with van der Waals surface area (Å²) in [4.78, 5) is 23.2. The molecule has 1 aliphatic heterocycles. The first kappa shape index (κ1) is 10.5. The molecule has 3 heteroatoms. The molecular formula is C14H15NO2. The molecule has 1 spiro atoms. The lowest BCUT2D eigenvalue weighted by Crippen LogP contribution is -2.46. The standard InChI is InChI=1S/C14H15NO2/c1-9-2-3-10-4-5-14(11(10)6-9)7-12(16)15-13(17)8-14/h2-3,6H,4-5,7-8H2,1H3,(H,15,16,17). The molecule has 1 saturated heterocycles. The average molecular weight is 229 g/mol. The summed E-state index contributed by atoms with van der Waals surface area (Å²) in [6.45, 7) is 2.05. The summed E-state index contributed by atoms with van der Waals surface area (Å²) < 4.78 is 0. The van der Waals surface area contributed by atoms with E-state index in [1.165, 1.54) is 16.7 Å². The fourth-order valence-electron chi connectivity index (χ4n) is 3.20. The molecule has 0 saturated carbocycles. The third-order valence-corrected chi connectivity index (χ3v) is 3.99. The van der Waals surface area contributed by atoms with Crippen molar-refractivity contribution in [2.24, 2.45) is 0 Å². The number of fused-ring (bicyclic) bond motifs is 2. The normalized spacial score (nSPS) is 21.5. The summed E-state index contributed by atoms with van der Waals surface area (Å²) in [6.07, 6.45) is 2.81. The number of hydrogen-bond acceptors (Lipinski definition) is 2. The summed E-state index contributed by atoms with van der Waals surface area (Å²) in [5, 5.41) is 2.40. The second-order valence-corrected chi connectivity index (χ2v) is 5.27. The third-order valence-electron chi connectivity index (χ3n) is 3.99. The lowest BCUT2D eigenvalue weighted by molar-refractivity contribution is -0.135. The van der Waals surface area contributed by atoms with E-state index in [0.717, 1.165) is 12.8 Å². The van der Waals surface area contributed by atoms with Gasteiger partial charge in [-0.1, -0.05) is 23.8 Å². The number of benzene rings is 1. The maximum absolute atomic E-state index is 11.6. The maximum atomic E-state index is 11.6. The molecule has 0 radical (unpaired) electrons. The van der Waals surface area contributed by atoms with Crippen LogP contribution in [0.25, 0.3) is 0 Å². The number of amides is 2. The van der Waals surface area contributed by atoms with Crippen LogP contribution in [0.15, 0.2) is 18.2 Å². The van der Waals surface area contributed by atoms with Gasteiger partial charge in [-0.15, -0.1) is 0 Å². The van der Waals surface area contributed by atoms with E-state index < -0.39 is 0 Å². The van der Waals surface area contributed by atoms with Crippen LogP contribution in [0.2, 0.25) is 0 Å². The number of aryl methyl sites for hydroxylation is 2. The first-order chi connectivity index (χ1) is 8.09. The van der Waals surface area contributed by atoms with Crippen LogP contribution in [0.5, 0.6) is 0 Å². The number of hydrogen-bond donors (Lipinski definition) is 1. The van der Waals surface area contributed by atoms with Crippen molar-refractivity contribution in [1.82, 2.24) is 5.32 Å². The number of carbonyl (C=O) groups excluding carboxylic acids is 2. The third kappa shape index (κ3) is 1.57. The average Bonchev–Trinajstić information content (AvgIpc) is 2.56. The van der Waals surface area contributed by atoms with E-state index in [0.29, 0.717) is 12.8 Å². The van der Waals surface area contributed by atoms with Crippen molar-refractivity contribution in [3.8, 4) is 0 Å². The molecule has 1 fully saturated rings. The van der Waals surface area contributed by atoms with Gasteiger partial charge in [-0.2, -0.15) is 0 Å². The SMILES string of the molecule is Cc1ccc2c(c1)C1(CC2)CC(=O)NC(=O)C1. The lowest BCUT2D eigenvalue weighted by Gasteiger charge is -2.33. The molecule has 17 heavy (non-hydrogen) atoms. The summed E-state index contributed by atoms with van der Waals surface area (Å²) >= 11 is 0. The largest absolute Gasteiger partial charge is 0.296 e. The highest BCUT2D eigenvalue weighted by atomic mass is 16.2. The second-order valence-electron chi connectivity index (χ2n) is 5.27. The Balaban J connectivity index is 2.09. The molecule has 1 aliphatic carbocycles. The number of rotatable bonds is 0. The van der Waals surface area contributed by atoms with Crippen molar-refractivity contribution in [3.63, 3.8) is 0 Å². The molecule has 0 atom stereocenters. The molecular weight excluding hydrogens is 214 g/mol. The van der Waals surface area contributed by atoms with Crippen molar-refractivity contribution < 1.29 is 9.59 Å². The zero-order chi connectivity index (χ0) is 12.0. The van der Waals surface area contributed by atoms with Crippen LogP contribution in [0.4, 0.5) is 0 Å². The zero-order valence-corrected chi connectivity index (χ0v) is 9.88. The highest BCUT2D eigenvalue weighted by Gasteiger charge is 2.45. The number of carbonyl (C=O) groups is 2. The van der Waals surface area contributed by atoms with Crippen molar-refractivity contribution >= 4 is 11.8 Å². The highest BCUT2D eigenvalue weighted by Crippen LogP contribution is 2.45. The van der Waals surface area contributed by atoms with Gasteiger partial charge in [0.2, 0.25) is 11.8 Å². The van der Waals surface area contributed by atoms with Crippen LogP contribution >= 0.6 is 0 Å². The van der Waals surface area contributed by atoms with Crippen LogP contribution in [0.3, 0.4) is 0 Å². The first-order valence-electron chi connectivity index (χ1n) is 6.02. The van der Waals surface area contributed by atoms with E-state index in [4.69, 9.17) is 0 Å². The predicted molar refractivity (Wildman–Crippen MR) is 63.6 cm³/mol. The molecule has 2 aliphatic rings. The molecule has 0 aromatic heterocycles. The van der Waals surface area contributed by atoms with Crippen molar-refractivity contribution in [2.75, 3.05) is 0 Å². The minimum atomic E-state index is -0.221. The molecule has 1 aromatic carbocycles. The zero-order valence-electron chi connectivity index (χ0n) is 9.88. The first-order valence-corrected chi connectivity index (χ1v) is 6.02. The minimum absolute atomic E-state index is 0.129. The Bertz CT molecular complexity index is 503. The molecule has 1 N–H and O–H groups in total. The lowest BCUT2D eigenvalue weighted by atomic mass is 9.73. The topological polar surface area (TPSA) is 46.2 Å². The fraction of sp³-hybridized carbons (Fsp3) is 0.429. The maximum Gasteiger partial charge on any atom is 0.227 e. The smallest absolute Gasteiger partial charge is 0.227 e. The van der Waals surface area contributed by atoms with Gasteiger partial charge < -0.3 is 0 Å². The van der Waals surface area contributed by atoms with Crippen LogP contribution in [-0.2, 0) is 21.4 Å². The van der Waals surface area contributed by atoms with Gasteiger partial charge in [-0.05, 0) is 30.9 Å². The minimum Gasteiger partial charge on any atom is -0.296 e. The Morgan fingerprint density at radius 2 is 1.88 bits per heavy atom. The van der Waals surface area contributed by atoms with Gasteiger partial charge in [0.05, 0.1) is 0 Å². The van der Waals surface area contributed by atoms with E-state index in [1.807, 2.05) is 0 Å². The summed E-state index contributed by atoms with van der Waals surface area (Å²) in [5.41, 5.74) is 3.50. The van der Waals surface area contributed by atoms with E-state index >= 15 is 0 Å². The van der Waals surface area contributed by atoms with Gasteiger partial charge in [0.1, 0.15) is 0 Å². The Kier molecular flexibility index (Phi) is 2.12. The number of nitrogens with one attached hydrogen (secondary N) is 1. The van der Waals surface area contributed by atoms with E-state index in [9.17, 15) is 9.59 Å². The highest BCUT2D eigenvalue weighted by molar-refractivity contribution is 5.99. The van der Waals surface area contributed by atoms with Gasteiger partial charge in [-0.25, -0.2) is 0 Å². The van der Waals surface area contributed by atoms with Crippen molar-refractivity contribution in [3.05, 3.63) is 34.9 Å². The van der Waals surface area contributed by atoms with E-state index in [-0.39, 0.29) is 17.2 Å². The van der Waals surface area contributed by atoms with Gasteiger partial charge in [-0.3, -0.25) is 14.9 Å². The van der Waals surface area contributed by atoms with Gasteiger partial charge >= 0.3 is 0 Å². The van der Waals surface area contributed by atoms with E-state index in [2.05, 4.69) is 30.4 Å². The van der Waals surface area contributed by atoms with Crippen molar-refractivity contribution in [1.29, 1.82) is 0 Å². The molecule has 0 unspecified atom stereocenters. The Labute approximate surface area is 100 Å². The number of piperidine rings is 1. The molecule has 0 bridgehead atoms. The Hall–Kier alpha value is -1.64. The monoisotopic (exact) mass is 229 g/mol. The summed E-state index contributed by atoms with van der Waals surface area (Å²) in [5.74, 6) is -0.258. The van der Waals surface area contributed by atoms with Gasteiger partial charge in [0.25, 0.3) is 0 Å².